The molecule has 1 atom stereocenters. The van der Waals surface area contributed by atoms with Crippen molar-refractivity contribution in [2.24, 2.45) is 0 Å². The van der Waals surface area contributed by atoms with Crippen LogP contribution >= 0.6 is 15.9 Å². The van der Waals surface area contributed by atoms with Gasteiger partial charge in [-0.2, -0.15) is 0 Å². The molecule has 0 spiro atoms. The molecule has 0 N–H and O–H groups in total. The number of aldehydes is 1. The highest BCUT2D eigenvalue weighted by Crippen LogP contribution is 2.21. The maximum Gasteiger partial charge on any atom is 0.128 e. The van der Waals surface area contributed by atoms with Crippen LogP contribution in [0.15, 0.2) is 42.5 Å². The number of fused-ring (bicyclic) bond motifs is 1. The van der Waals surface area contributed by atoms with E-state index < -0.39 is 0 Å². The van der Waals surface area contributed by atoms with E-state index in [1.807, 2.05) is 18.2 Å². The molecule has 1 unspecified atom stereocenters. The lowest BCUT2D eigenvalue weighted by molar-refractivity contribution is -0.108. The predicted molar refractivity (Wildman–Crippen MR) is 66.5 cm³/mol. The number of hydrogen-bond donors (Lipinski definition) is 0. The average Bonchev–Trinajstić information content (AvgIpc) is 2.30. The number of alkyl halides is 1. The monoisotopic (exact) mass is 262 g/mol. The lowest BCUT2D eigenvalue weighted by Gasteiger charge is -2.07. The number of halogens is 1. The van der Waals surface area contributed by atoms with Gasteiger partial charge in [-0.3, -0.25) is 0 Å². The fraction of sp³-hybridized carbons (Fsp3) is 0.154. The van der Waals surface area contributed by atoms with E-state index >= 15 is 0 Å². The molecule has 0 heterocycles. The summed E-state index contributed by atoms with van der Waals surface area (Å²) >= 11 is 3.35. The van der Waals surface area contributed by atoms with Crippen LogP contribution in [0.1, 0.15) is 11.5 Å². The first-order chi connectivity index (χ1) is 7.35. The summed E-state index contributed by atoms with van der Waals surface area (Å²) in [4.78, 5) is 10.8. The van der Waals surface area contributed by atoms with E-state index in [4.69, 9.17) is 0 Å². The molecule has 0 bridgehead atoms. The maximum absolute atomic E-state index is 10.8. The average molecular weight is 263 g/mol. The Kier molecular flexibility index (Phi) is 3.17. The van der Waals surface area contributed by atoms with Gasteiger partial charge in [0.05, 0.1) is 0 Å². The SMILES string of the molecule is O=CC(CBr)c1ccc2ccccc2c1. The number of carbonyl (C=O) groups excluding carboxylic acids is 1. The van der Waals surface area contributed by atoms with E-state index in [0.717, 1.165) is 11.8 Å². The smallest absolute Gasteiger partial charge is 0.128 e. The Morgan fingerprint density at radius 2 is 1.87 bits per heavy atom. The first-order valence-electron chi connectivity index (χ1n) is 4.85. The molecule has 1 nitrogen and oxygen atoms in total. The number of carbonyl (C=O) groups is 1. The van der Waals surface area contributed by atoms with Crippen molar-refractivity contribution in [1.82, 2.24) is 0 Å². The summed E-state index contributed by atoms with van der Waals surface area (Å²) in [6.07, 6.45) is 0.985. The fourth-order valence-corrected chi connectivity index (χ4v) is 2.17. The fourth-order valence-electron chi connectivity index (χ4n) is 1.64. The van der Waals surface area contributed by atoms with Crippen molar-refractivity contribution in [3.63, 3.8) is 0 Å². The molecule has 0 aliphatic rings. The molecular weight excluding hydrogens is 252 g/mol. The summed E-state index contributed by atoms with van der Waals surface area (Å²) in [6, 6.07) is 14.3. The Morgan fingerprint density at radius 3 is 2.53 bits per heavy atom. The van der Waals surface area contributed by atoms with Gasteiger partial charge in [0.2, 0.25) is 0 Å². The van der Waals surface area contributed by atoms with Gasteiger partial charge < -0.3 is 4.79 Å². The zero-order valence-electron chi connectivity index (χ0n) is 8.19. The lowest BCUT2D eigenvalue weighted by atomic mass is 9.99. The van der Waals surface area contributed by atoms with Gasteiger partial charge in [0, 0.05) is 11.2 Å². The van der Waals surface area contributed by atoms with Crippen molar-refractivity contribution < 1.29 is 4.79 Å². The van der Waals surface area contributed by atoms with Crippen LogP contribution in [0, 0.1) is 0 Å². The Labute approximate surface area is 97.2 Å². The topological polar surface area (TPSA) is 17.1 Å². The largest absolute Gasteiger partial charge is 0.303 e. The van der Waals surface area contributed by atoms with Crippen molar-refractivity contribution in [2.75, 3.05) is 5.33 Å². The van der Waals surface area contributed by atoms with Crippen LogP contribution in [0.25, 0.3) is 10.8 Å². The zero-order valence-corrected chi connectivity index (χ0v) is 9.78. The molecule has 0 amide bonds. The number of hydrogen-bond acceptors (Lipinski definition) is 1. The van der Waals surface area contributed by atoms with Crippen LogP contribution in [-0.4, -0.2) is 11.6 Å². The van der Waals surface area contributed by atoms with Crippen LogP contribution in [0.4, 0.5) is 0 Å². The number of rotatable bonds is 3. The van der Waals surface area contributed by atoms with Crippen LogP contribution in [0.2, 0.25) is 0 Å². The van der Waals surface area contributed by atoms with Crippen LogP contribution in [-0.2, 0) is 4.79 Å². The molecule has 2 aromatic rings. The highest BCUT2D eigenvalue weighted by molar-refractivity contribution is 9.09. The lowest BCUT2D eigenvalue weighted by Crippen LogP contribution is -2.00. The van der Waals surface area contributed by atoms with Gasteiger partial charge in [-0.1, -0.05) is 58.4 Å². The van der Waals surface area contributed by atoms with E-state index in [-0.39, 0.29) is 5.92 Å². The molecular formula is C13H11BrO. The van der Waals surface area contributed by atoms with Crippen LogP contribution < -0.4 is 0 Å². The van der Waals surface area contributed by atoms with Crippen molar-refractivity contribution in [1.29, 1.82) is 0 Å². The quantitative estimate of drug-likeness (QED) is 0.611. The minimum atomic E-state index is -0.0467. The van der Waals surface area contributed by atoms with Crippen molar-refractivity contribution in [3.8, 4) is 0 Å². The molecule has 0 saturated heterocycles. The van der Waals surface area contributed by atoms with E-state index in [0.29, 0.717) is 5.33 Å². The summed E-state index contributed by atoms with van der Waals surface area (Å²) in [6.45, 7) is 0. The first-order valence-corrected chi connectivity index (χ1v) is 5.97. The Balaban J connectivity index is 2.50. The second-order valence-corrected chi connectivity index (χ2v) is 4.15. The predicted octanol–water partition coefficient (Wildman–Crippen LogP) is 3.52. The third-order valence-corrected chi connectivity index (χ3v) is 3.23. The van der Waals surface area contributed by atoms with Gasteiger partial charge >= 0.3 is 0 Å². The van der Waals surface area contributed by atoms with E-state index in [1.165, 1.54) is 10.8 Å². The molecule has 2 rings (SSSR count). The summed E-state index contributed by atoms with van der Waals surface area (Å²) in [5.74, 6) is -0.0467. The second-order valence-electron chi connectivity index (χ2n) is 3.50. The highest BCUT2D eigenvalue weighted by Gasteiger charge is 2.08. The minimum absolute atomic E-state index is 0.0467. The third-order valence-electron chi connectivity index (χ3n) is 2.53. The second kappa shape index (κ2) is 4.58. The molecule has 0 saturated carbocycles. The van der Waals surface area contributed by atoms with Crippen molar-refractivity contribution in [2.45, 2.75) is 5.92 Å². The van der Waals surface area contributed by atoms with Crippen molar-refractivity contribution >= 4 is 33.0 Å². The minimum Gasteiger partial charge on any atom is -0.303 e. The number of benzene rings is 2. The van der Waals surface area contributed by atoms with Gasteiger partial charge in [-0.25, -0.2) is 0 Å². The van der Waals surface area contributed by atoms with E-state index in [9.17, 15) is 4.79 Å². The molecule has 0 aromatic heterocycles. The standard InChI is InChI=1S/C13H11BrO/c14-8-13(9-15)12-6-5-10-3-1-2-4-11(10)7-12/h1-7,9,13H,8H2. The molecule has 15 heavy (non-hydrogen) atoms. The van der Waals surface area contributed by atoms with Crippen LogP contribution in [0.3, 0.4) is 0 Å². The molecule has 76 valence electrons. The normalized spacial score (nSPS) is 12.6. The van der Waals surface area contributed by atoms with Crippen LogP contribution in [0.5, 0.6) is 0 Å². The summed E-state index contributed by atoms with van der Waals surface area (Å²) < 4.78 is 0. The van der Waals surface area contributed by atoms with Gasteiger partial charge in [-0.05, 0) is 16.3 Å². The van der Waals surface area contributed by atoms with Gasteiger partial charge in [0.1, 0.15) is 6.29 Å². The molecule has 0 radical (unpaired) electrons. The highest BCUT2D eigenvalue weighted by atomic mass is 79.9. The van der Waals surface area contributed by atoms with Crippen molar-refractivity contribution in [3.05, 3.63) is 48.0 Å². The van der Waals surface area contributed by atoms with Gasteiger partial charge in [-0.15, -0.1) is 0 Å². The summed E-state index contributed by atoms with van der Waals surface area (Å²) in [5.41, 5.74) is 1.07. The van der Waals surface area contributed by atoms with Gasteiger partial charge in [0.25, 0.3) is 0 Å². The Hall–Kier alpha value is -1.15. The Bertz CT molecular complexity index is 479. The van der Waals surface area contributed by atoms with Gasteiger partial charge in [0.15, 0.2) is 0 Å². The Morgan fingerprint density at radius 1 is 1.13 bits per heavy atom. The zero-order chi connectivity index (χ0) is 10.7. The molecule has 2 heteroatoms. The third kappa shape index (κ3) is 2.10. The summed E-state index contributed by atoms with van der Waals surface area (Å²) in [5, 5.41) is 3.07. The van der Waals surface area contributed by atoms with E-state index in [1.54, 1.807) is 0 Å². The van der Waals surface area contributed by atoms with E-state index in [2.05, 4.69) is 40.2 Å². The molecule has 0 fully saturated rings. The molecule has 0 aliphatic carbocycles. The maximum atomic E-state index is 10.8. The molecule has 2 aromatic carbocycles. The first kappa shape index (κ1) is 10.4. The molecule has 0 aliphatic heterocycles. The summed E-state index contributed by atoms with van der Waals surface area (Å²) in [7, 11) is 0.